The van der Waals surface area contributed by atoms with Gasteiger partial charge in [0.05, 0.1) is 23.3 Å². The van der Waals surface area contributed by atoms with E-state index in [0.717, 1.165) is 27.6 Å². The molecule has 0 saturated heterocycles. The molecule has 190 valence electrons. The molecule has 0 aliphatic heterocycles. The van der Waals surface area contributed by atoms with Crippen LogP contribution in [0, 0.1) is 11.8 Å². The Morgan fingerprint density at radius 3 is 2.69 bits per heavy atom. The second kappa shape index (κ2) is 9.72. The summed E-state index contributed by atoms with van der Waals surface area (Å²) >= 11 is 0. The van der Waals surface area contributed by atoms with E-state index in [0.29, 0.717) is 16.9 Å². The lowest BCUT2D eigenvalue weighted by atomic mass is 9.92. The Bertz CT molecular complexity index is 1910. The number of amides is 1. The SMILES string of the molecule is CC(NC(=O)c1c(N)nn2cccnc12)c1cc2nncc(C#Cc3ccn(C)n3)c2cc1-c1ccccc1. The summed E-state index contributed by atoms with van der Waals surface area (Å²) in [6.07, 6.45) is 6.79. The Balaban J connectivity index is 1.43. The van der Waals surface area contributed by atoms with E-state index in [-0.39, 0.29) is 17.3 Å². The van der Waals surface area contributed by atoms with Gasteiger partial charge in [0.2, 0.25) is 0 Å². The molecular formula is C29H23N9O. The lowest BCUT2D eigenvalue weighted by molar-refractivity contribution is 0.0942. The number of hydrogen-bond acceptors (Lipinski definition) is 7. The maximum atomic E-state index is 13.4. The number of hydrogen-bond donors (Lipinski definition) is 2. The van der Waals surface area contributed by atoms with E-state index in [1.807, 2.05) is 68.7 Å². The van der Waals surface area contributed by atoms with Crippen LogP contribution in [0.4, 0.5) is 5.82 Å². The van der Waals surface area contributed by atoms with Crippen LogP contribution in [0.5, 0.6) is 0 Å². The molecule has 0 bridgehead atoms. The predicted molar refractivity (Wildman–Crippen MR) is 147 cm³/mol. The van der Waals surface area contributed by atoms with Gasteiger partial charge in [-0.05, 0) is 53.8 Å². The molecule has 0 aliphatic rings. The van der Waals surface area contributed by atoms with Crippen molar-refractivity contribution in [1.29, 1.82) is 0 Å². The average molecular weight is 514 g/mol. The van der Waals surface area contributed by atoms with Crippen LogP contribution in [-0.2, 0) is 7.05 Å². The van der Waals surface area contributed by atoms with Gasteiger partial charge in [0.25, 0.3) is 5.91 Å². The van der Waals surface area contributed by atoms with E-state index in [1.165, 1.54) is 4.52 Å². The Morgan fingerprint density at radius 1 is 1.05 bits per heavy atom. The van der Waals surface area contributed by atoms with E-state index in [4.69, 9.17) is 5.73 Å². The minimum Gasteiger partial charge on any atom is -0.381 e. The van der Waals surface area contributed by atoms with Gasteiger partial charge >= 0.3 is 0 Å². The van der Waals surface area contributed by atoms with Crippen LogP contribution in [0.1, 0.15) is 40.1 Å². The first kappa shape index (κ1) is 23.8. The summed E-state index contributed by atoms with van der Waals surface area (Å²) in [5.41, 5.74) is 11.6. The molecule has 4 heterocycles. The molecule has 6 rings (SSSR count). The van der Waals surface area contributed by atoms with Crippen molar-refractivity contribution in [1.82, 2.24) is 39.9 Å². The van der Waals surface area contributed by atoms with E-state index in [9.17, 15) is 4.79 Å². The standard InChI is InChI=1S/C29H23N9O/c1-18(33-29(39)26-27(30)36-38-13-6-12-31-28(26)38)22-16-25-24(15-23(22)19-7-4-3-5-8-19)20(17-32-34-25)9-10-21-11-14-37(2)35-21/h3-8,11-18H,1-2H3,(H2,30,36)(H,33,39). The molecule has 1 amide bonds. The number of nitrogens with zero attached hydrogens (tertiary/aromatic N) is 7. The van der Waals surface area contributed by atoms with Gasteiger partial charge in [0.1, 0.15) is 11.3 Å². The highest BCUT2D eigenvalue weighted by Crippen LogP contribution is 2.33. The number of nitrogens with two attached hydrogens (primary N) is 1. The summed E-state index contributed by atoms with van der Waals surface area (Å²) in [7, 11) is 1.85. The van der Waals surface area contributed by atoms with Crippen LogP contribution in [-0.4, -0.2) is 40.5 Å². The van der Waals surface area contributed by atoms with Gasteiger partial charge in [-0.1, -0.05) is 36.3 Å². The first-order valence-corrected chi connectivity index (χ1v) is 12.2. The van der Waals surface area contributed by atoms with Gasteiger partial charge in [-0.15, -0.1) is 5.10 Å². The largest absolute Gasteiger partial charge is 0.381 e. The van der Waals surface area contributed by atoms with Crippen LogP contribution in [0.3, 0.4) is 0 Å². The number of nitrogen functional groups attached to an aromatic ring is 1. The van der Waals surface area contributed by atoms with Crippen molar-refractivity contribution in [2.24, 2.45) is 7.05 Å². The summed E-state index contributed by atoms with van der Waals surface area (Å²) < 4.78 is 3.20. The number of aryl methyl sites for hydroxylation is 1. The van der Waals surface area contributed by atoms with Crippen LogP contribution < -0.4 is 11.1 Å². The Morgan fingerprint density at radius 2 is 1.90 bits per heavy atom. The summed E-state index contributed by atoms with van der Waals surface area (Å²) in [6.45, 7) is 1.92. The molecule has 4 aromatic heterocycles. The lowest BCUT2D eigenvalue weighted by Gasteiger charge is -2.19. The summed E-state index contributed by atoms with van der Waals surface area (Å²) in [5, 5.41) is 21.0. The highest BCUT2D eigenvalue weighted by Gasteiger charge is 2.23. The number of rotatable bonds is 4. The van der Waals surface area contributed by atoms with Gasteiger partial charge in [-0.25, -0.2) is 9.50 Å². The highest BCUT2D eigenvalue weighted by molar-refractivity contribution is 6.04. The molecule has 1 unspecified atom stereocenters. The van der Waals surface area contributed by atoms with Crippen molar-refractivity contribution in [3.05, 3.63) is 102 Å². The van der Waals surface area contributed by atoms with Crippen molar-refractivity contribution in [3.63, 3.8) is 0 Å². The van der Waals surface area contributed by atoms with Crippen LogP contribution in [0.25, 0.3) is 27.7 Å². The van der Waals surface area contributed by atoms with Crippen LogP contribution in [0.15, 0.2) is 79.4 Å². The zero-order chi connectivity index (χ0) is 26.9. The number of anilines is 1. The first-order valence-electron chi connectivity index (χ1n) is 12.2. The molecule has 0 aliphatic carbocycles. The number of aromatic nitrogens is 7. The summed E-state index contributed by atoms with van der Waals surface area (Å²) in [4.78, 5) is 17.7. The van der Waals surface area contributed by atoms with Crippen LogP contribution in [0.2, 0.25) is 0 Å². The van der Waals surface area contributed by atoms with Gasteiger partial charge < -0.3 is 11.1 Å². The number of fused-ring (bicyclic) bond motifs is 2. The molecule has 1 atom stereocenters. The lowest BCUT2D eigenvalue weighted by Crippen LogP contribution is -2.27. The van der Waals surface area contributed by atoms with Gasteiger partial charge in [0, 0.05) is 31.0 Å². The summed E-state index contributed by atoms with van der Waals surface area (Å²) in [5.74, 6) is 6.04. The second-order valence-electron chi connectivity index (χ2n) is 9.05. The van der Waals surface area contributed by atoms with E-state index >= 15 is 0 Å². The van der Waals surface area contributed by atoms with E-state index in [1.54, 1.807) is 29.3 Å². The average Bonchev–Trinajstić information content (AvgIpc) is 3.52. The van der Waals surface area contributed by atoms with Crippen molar-refractivity contribution in [2.45, 2.75) is 13.0 Å². The fourth-order valence-electron chi connectivity index (χ4n) is 4.53. The Labute approximate surface area is 223 Å². The summed E-state index contributed by atoms with van der Waals surface area (Å²) in [6, 6.07) is 17.1. The Kier molecular flexibility index (Phi) is 5.93. The van der Waals surface area contributed by atoms with Crippen LogP contribution >= 0.6 is 0 Å². The zero-order valence-electron chi connectivity index (χ0n) is 21.2. The highest BCUT2D eigenvalue weighted by atomic mass is 16.1. The van der Waals surface area contributed by atoms with E-state index in [2.05, 4.69) is 42.5 Å². The maximum absolute atomic E-state index is 13.4. The molecule has 0 radical (unpaired) electrons. The molecule has 39 heavy (non-hydrogen) atoms. The van der Waals surface area contributed by atoms with Gasteiger partial charge in [-0.3, -0.25) is 9.48 Å². The Hall–Kier alpha value is -5.56. The molecule has 3 N–H and O–H groups in total. The normalized spacial score (nSPS) is 11.7. The first-order chi connectivity index (χ1) is 19.0. The van der Waals surface area contributed by atoms with E-state index < -0.39 is 6.04 Å². The minimum atomic E-state index is -0.403. The van der Waals surface area contributed by atoms with Gasteiger partial charge in [0.15, 0.2) is 11.5 Å². The molecule has 6 aromatic rings. The number of nitrogens with one attached hydrogen (secondary N) is 1. The molecule has 10 nitrogen and oxygen atoms in total. The third-order valence-electron chi connectivity index (χ3n) is 6.40. The minimum absolute atomic E-state index is 0.113. The number of benzene rings is 2. The molecule has 10 heteroatoms. The third kappa shape index (κ3) is 4.53. The molecule has 0 saturated carbocycles. The van der Waals surface area contributed by atoms with Crippen molar-refractivity contribution < 1.29 is 4.79 Å². The smallest absolute Gasteiger partial charge is 0.259 e. The zero-order valence-corrected chi connectivity index (χ0v) is 21.2. The van der Waals surface area contributed by atoms with Crippen molar-refractivity contribution in [3.8, 4) is 23.0 Å². The van der Waals surface area contributed by atoms with Crippen molar-refractivity contribution in [2.75, 3.05) is 5.73 Å². The van der Waals surface area contributed by atoms with Crippen molar-refractivity contribution >= 4 is 28.3 Å². The number of carbonyl (C=O) groups is 1. The molecular weight excluding hydrogens is 490 g/mol. The molecule has 0 spiro atoms. The third-order valence-corrected chi connectivity index (χ3v) is 6.40. The second-order valence-corrected chi connectivity index (χ2v) is 9.05. The predicted octanol–water partition coefficient (Wildman–Crippen LogP) is 3.55. The number of carbonyl (C=O) groups excluding carboxylic acids is 1. The maximum Gasteiger partial charge on any atom is 0.259 e. The molecule has 0 fully saturated rings. The molecule has 2 aromatic carbocycles. The fourth-order valence-corrected chi connectivity index (χ4v) is 4.53. The fraction of sp³-hybridized carbons (Fsp3) is 0.103. The quantitative estimate of drug-likeness (QED) is 0.345. The van der Waals surface area contributed by atoms with Gasteiger partial charge in [-0.2, -0.15) is 15.3 Å². The topological polar surface area (TPSA) is 129 Å². The monoisotopic (exact) mass is 513 g/mol.